The third-order valence-corrected chi connectivity index (χ3v) is 5.56. The number of amides is 1. The molecule has 1 aromatic heterocycles. The number of esters is 1. The minimum atomic E-state index is -0.656. The molecule has 1 fully saturated rings. The summed E-state index contributed by atoms with van der Waals surface area (Å²) in [4.78, 5) is 30.2. The highest BCUT2D eigenvalue weighted by Crippen LogP contribution is 2.29. The molecule has 2 unspecified atom stereocenters. The molecule has 2 N–H and O–H groups in total. The second-order valence-corrected chi connectivity index (χ2v) is 8.09. The highest BCUT2D eigenvalue weighted by molar-refractivity contribution is 5.87. The van der Waals surface area contributed by atoms with Gasteiger partial charge in [-0.2, -0.15) is 0 Å². The number of aromatic nitrogens is 1. The van der Waals surface area contributed by atoms with Gasteiger partial charge in [0.05, 0.1) is 6.04 Å². The summed E-state index contributed by atoms with van der Waals surface area (Å²) in [5.74, 6) is -1.04. The third kappa shape index (κ3) is 4.88. The van der Waals surface area contributed by atoms with Gasteiger partial charge in [0.1, 0.15) is 19.1 Å². The van der Waals surface area contributed by atoms with E-state index in [2.05, 4.69) is 15.2 Å². The van der Waals surface area contributed by atoms with Crippen LogP contribution in [0.5, 0.6) is 0 Å². The van der Waals surface area contributed by atoms with Gasteiger partial charge in [0, 0.05) is 23.6 Å². The Hall–Kier alpha value is -3.32. The van der Waals surface area contributed by atoms with Crippen molar-refractivity contribution >= 4 is 23.0 Å². The fourth-order valence-electron chi connectivity index (χ4n) is 3.87. The maximum atomic E-state index is 13.1. The molecule has 1 amide bonds. The molecule has 0 saturated carbocycles. The van der Waals surface area contributed by atoms with Crippen LogP contribution in [-0.4, -0.2) is 55.2 Å². The summed E-state index contributed by atoms with van der Waals surface area (Å²) in [6.45, 7) is 1.23. The van der Waals surface area contributed by atoms with E-state index >= 15 is 0 Å². The van der Waals surface area contributed by atoms with E-state index in [1.807, 2.05) is 68.8 Å². The van der Waals surface area contributed by atoms with Crippen LogP contribution in [0.25, 0.3) is 10.9 Å². The fourth-order valence-corrected chi connectivity index (χ4v) is 3.87. The van der Waals surface area contributed by atoms with Gasteiger partial charge in [0.15, 0.2) is 0 Å². The van der Waals surface area contributed by atoms with Crippen molar-refractivity contribution in [3.05, 3.63) is 71.4 Å². The number of carbonyl (C=O) groups excluding carboxylic acids is 2. The van der Waals surface area contributed by atoms with Crippen LogP contribution < -0.4 is 5.32 Å². The molecule has 7 heteroatoms. The molecule has 0 radical (unpaired) electrons. The molecule has 1 aliphatic heterocycles. The van der Waals surface area contributed by atoms with Crippen molar-refractivity contribution in [1.29, 1.82) is 0 Å². The molecule has 2 atom stereocenters. The van der Waals surface area contributed by atoms with Crippen LogP contribution in [0, 0.1) is 0 Å². The minimum Gasteiger partial charge on any atom is -0.460 e. The van der Waals surface area contributed by atoms with Crippen LogP contribution in [0.4, 0.5) is 4.79 Å². The van der Waals surface area contributed by atoms with E-state index in [0.29, 0.717) is 0 Å². The molecule has 7 nitrogen and oxygen atoms in total. The van der Waals surface area contributed by atoms with E-state index in [-0.39, 0.29) is 19.2 Å². The number of rotatable bonds is 8. The van der Waals surface area contributed by atoms with Crippen LogP contribution >= 0.6 is 0 Å². The largest absolute Gasteiger partial charge is 0.460 e. The molecule has 3 aromatic rings. The van der Waals surface area contributed by atoms with Crippen LogP contribution in [0.15, 0.2) is 54.7 Å². The van der Waals surface area contributed by atoms with E-state index in [4.69, 9.17) is 9.47 Å². The van der Waals surface area contributed by atoms with Gasteiger partial charge in [-0.1, -0.05) is 36.4 Å². The first-order valence-corrected chi connectivity index (χ1v) is 10.4. The van der Waals surface area contributed by atoms with Gasteiger partial charge in [-0.05, 0) is 49.3 Å². The van der Waals surface area contributed by atoms with E-state index in [1.165, 1.54) is 5.56 Å². The van der Waals surface area contributed by atoms with Gasteiger partial charge in [-0.15, -0.1) is 0 Å². The average Bonchev–Trinajstić information content (AvgIpc) is 3.37. The predicted octanol–water partition coefficient (Wildman–Crippen LogP) is 3.21. The van der Waals surface area contributed by atoms with Gasteiger partial charge in [-0.25, -0.2) is 4.79 Å². The van der Waals surface area contributed by atoms with Gasteiger partial charge < -0.3 is 24.7 Å². The van der Waals surface area contributed by atoms with E-state index in [9.17, 15) is 9.59 Å². The Morgan fingerprint density at radius 3 is 2.74 bits per heavy atom. The number of ether oxygens (including phenoxy) is 2. The maximum absolute atomic E-state index is 13.1. The Balaban J connectivity index is 1.61. The first-order chi connectivity index (χ1) is 15.0. The molecule has 4 rings (SSSR count). The number of nitrogens with zero attached hydrogens (tertiary/aromatic N) is 1. The molecular formula is C24H27N3O4. The number of aromatic amines is 1. The number of H-pyrrole nitrogens is 1. The molecule has 1 saturated heterocycles. The van der Waals surface area contributed by atoms with Crippen molar-refractivity contribution in [2.75, 3.05) is 27.2 Å². The van der Waals surface area contributed by atoms with Crippen molar-refractivity contribution in [2.45, 2.75) is 25.0 Å². The normalized spacial score (nSPS) is 16.9. The third-order valence-electron chi connectivity index (χ3n) is 5.56. The van der Waals surface area contributed by atoms with Crippen molar-refractivity contribution < 1.29 is 19.1 Å². The molecule has 0 aliphatic carbocycles. The van der Waals surface area contributed by atoms with Crippen LogP contribution in [0.1, 0.15) is 22.6 Å². The predicted molar refractivity (Wildman–Crippen MR) is 118 cm³/mol. The number of hydrogen-bond acceptors (Lipinski definition) is 5. The van der Waals surface area contributed by atoms with Crippen molar-refractivity contribution in [2.24, 2.45) is 0 Å². The SMILES string of the molecule is CN(C)CCc1c[nH]c2ccc(C(C(=O)OCc3ccccc3)C3COC(=O)N3)cc12. The van der Waals surface area contributed by atoms with Gasteiger partial charge in [0.2, 0.25) is 0 Å². The molecule has 31 heavy (non-hydrogen) atoms. The van der Waals surface area contributed by atoms with Crippen LogP contribution in [0.2, 0.25) is 0 Å². The summed E-state index contributed by atoms with van der Waals surface area (Å²) < 4.78 is 10.7. The zero-order valence-electron chi connectivity index (χ0n) is 17.8. The maximum Gasteiger partial charge on any atom is 0.407 e. The first kappa shape index (κ1) is 20.9. The number of alkyl carbamates (subject to hydrolysis) is 1. The summed E-state index contributed by atoms with van der Waals surface area (Å²) >= 11 is 0. The lowest BCUT2D eigenvalue weighted by atomic mass is 9.90. The Bertz CT molecular complexity index is 1060. The average molecular weight is 421 g/mol. The number of hydrogen-bond donors (Lipinski definition) is 2. The van der Waals surface area contributed by atoms with Crippen LogP contribution in [-0.2, 0) is 27.3 Å². The lowest BCUT2D eigenvalue weighted by molar-refractivity contribution is -0.147. The molecule has 1 aliphatic rings. The topological polar surface area (TPSA) is 83.7 Å². The molecule has 2 heterocycles. The van der Waals surface area contributed by atoms with Gasteiger partial charge >= 0.3 is 12.1 Å². The van der Waals surface area contributed by atoms with E-state index < -0.39 is 18.1 Å². The van der Waals surface area contributed by atoms with Gasteiger partial charge in [-0.3, -0.25) is 4.79 Å². The van der Waals surface area contributed by atoms with E-state index in [0.717, 1.165) is 35.0 Å². The van der Waals surface area contributed by atoms with Crippen molar-refractivity contribution in [3.8, 4) is 0 Å². The van der Waals surface area contributed by atoms with Crippen LogP contribution in [0.3, 0.4) is 0 Å². The zero-order chi connectivity index (χ0) is 21.8. The van der Waals surface area contributed by atoms with Gasteiger partial charge in [0.25, 0.3) is 0 Å². The Morgan fingerprint density at radius 1 is 1.23 bits per heavy atom. The summed E-state index contributed by atoms with van der Waals surface area (Å²) in [5.41, 5.74) is 3.91. The summed E-state index contributed by atoms with van der Waals surface area (Å²) in [7, 11) is 4.09. The van der Waals surface area contributed by atoms with Crippen molar-refractivity contribution in [1.82, 2.24) is 15.2 Å². The second-order valence-electron chi connectivity index (χ2n) is 8.09. The Kier molecular flexibility index (Phi) is 6.23. The molecular weight excluding hydrogens is 394 g/mol. The summed E-state index contributed by atoms with van der Waals surface area (Å²) in [6, 6.07) is 15.0. The van der Waals surface area contributed by atoms with E-state index in [1.54, 1.807) is 0 Å². The standard InChI is InChI=1S/C24H27N3O4/c1-27(2)11-10-18-13-25-20-9-8-17(12-19(18)20)22(21-15-31-24(29)26-21)23(28)30-14-16-6-4-3-5-7-16/h3-9,12-13,21-22,25H,10-11,14-15H2,1-2H3,(H,26,29). The Morgan fingerprint density at radius 2 is 2.03 bits per heavy atom. The highest BCUT2D eigenvalue weighted by Gasteiger charge is 2.37. The quantitative estimate of drug-likeness (QED) is 0.546. The number of nitrogens with one attached hydrogen (secondary N) is 2. The number of likely N-dealkylation sites (N-methyl/N-ethyl adjacent to an activating group) is 1. The zero-order valence-corrected chi connectivity index (χ0v) is 17.8. The van der Waals surface area contributed by atoms with Crippen molar-refractivity contribution in [3.63, 3.8) is 0 Å². The minimum absolute atomic E-state index is 0.128. The summed E-state index contributed by atoms with van der Waals surface area (Å²) in [5, 5.41) is 3.83. The monoisotopic (exact) mass is 421 g/mol. The highest BCUT2D eigenvalue weighted by atomic mass is 16.6. The molecule has 162 valence electrons. The molecule has 0 bridgehead atoms. The number of cyclic esters (lactones) is 1. The number of benzene rings is 2. The fraction of sp³-hybridized carbons (Fsp3) is 0.333. The smallest absolute Gasteiger partial charge is 0.407 e. The second kappa shape index (κ2) is 9.22. The molecule has 0 spiro atoms. The number of carbonyl (C=O) groups is 2. The Labute approximate surface area is 181 Å². The lowest BCUT2D eigenvalue weighted by Gasteiger charge is -2.21. The first-order valence-electron chi connectivity index (χ1n) is 10.4. The molecule has 2 aromatic carbocycles. The summed E-state index contributed by atoms with van der Waals surface area (Å²) in [6.07, 6.45) is 2.39. The number of fused-ring (bicyclic) bond motifs is 1. The lowest BCUT2D eigenvalue weighted by Crippen LogP contribution is -2.37.